The molecule has 2 heterocycles. The van der Waals surface area contributed by atoms with E-state index in [2.05, 4.69) is 5.32 Å². The molecule has 0 aliphatic carbocycles. The first-order valence-corrected chi connectivity index (χ1v) is 11.3. The topological polar surface area (TPSA) is 51.1 Å². The van der Waals surface area contributed by atoms with Crippen LogP contribution in [0.3, 0.4) is 0 Å². The Hall–Kier alpha value is -2.89. The summed E-state index contributed by atoms with van der Waals surface area (Å²) >= 11 is 0. The molecule has 5 rings (SSSR count). The van der Waals surface area contributed by atoms with Crippen LogP contribution >= 0.6 is 0 Å². The zero-order valence-electron chi connectivity index (χ0n) is 16.0. The highest BCUT2D eigenvalue weighted by Gasteiger charge is 2.23. The number of rotatable bonds is 3. The van der Waals surface area contributed by atoms with Crippen molar-refractivity contribution in [3.63, 3.8) is 0 Å². The van der Waals surface area contributed by atoms with Gasteiger partial charge in [0.15, 0.2) is 0 Å². The van der Waals surface area contributed by atoms with Crippen molar-refractivity contribution in [1.82, 2.24) is 9.29 Å². The molecule has 1 aliphatic rings. The Bertz CT molecular complexity index is 1290. The van der Waals surface area contributed by atoms with Crippen molar-refractivity contribution in [3.8, 4) is 11.1 Å². The van der Waals surface area contributed by atoms with Gasteiger partial charge in [0.2, 0.25) is 0 Å². The molecule has 1 N–H and O–H groups in total. The lowest BCUT2D eigenvalue weighted by Crippen LogP contribution is -2.16. The molecule has 0 unspecified atom stereocenters. The molecule has 1 aliphatic heterocycles. The van der Waals surface area contributed by atoms with Crippen LogP contribution in [0, 0.1) is 0 Å². The quantitative estimate of drug-likeness (QED) is 0.558. The smallest absolute Gasteiger partial charge is 0.268 e. The largest absolute Gasteiger partial charge is 0.316 e. The van der Waals surface area contributed by atoms with Crippen molar-refractivity contribution >= 4 is 20.9 Å². The number of hydrogen-bond donors (Lipinski definition) is 1. The molecule has 4 nitrogen and oxygen atoms in total. The summed E-state index contributed by atoms with van der Waals surface area (Å²) in [5, 5.41) is 4.31. The van der Waals surface area contributed by atoms with Gasteiger partial charge in [0, 0.05) is 17.1 Å². The molecule has 0 saturated heterocycles. The molecule has 0 spiro atoms. The molecule has 0 bridgehead atoms. The Kier molecular flexibility index (Phi) is 4.49. The van der Waals surface area contributed by atoms with E-state index < -0.39 is 10.0 Å². The van der Waals surface area contributed by atoms with Crippen LogP contribution in [0.1, 0.15) is 11.1 Å². The average Bonchev–Trinajstić information content (AvgIpc) is 2.99. The molecule has 146 valence electrons. The molecule has 0 amide bonds. The molecule has 4 aromatic rings. The van der Waals surface area contributed by atoms with Crippen LogP contribution in [0.5, 0.6) is 0 Å². The van der Waals surface area contributed by atoms with Crippen LogP contribution in [0.25, 0.3) is 22.0 Å². The van der Waals surface area contributed by atoms with Gasteiger partial charge in [0.25, 0.3) is 10.0 Å². The minimum atomic E-state index is -3.70. The Balaban J connectivity index is 1.69. The summed E-state index contributed by atoms with van der Waals surface area (Å²) in [6, 6.07) is 23.2. The predicted octanol–water partition coefficient (Wildman–Crippen LogP) is 4.23. The second kappa shape index (κ2) is 7.17. The Morgan fingerprint density at radius 3 is 2.34 bits per heavy atom. The molecule has 1 aromatic heterocycles. The normalized spacial score (nSPS) is 14.5. The fraction of sp³-hybridized carbons (Fsp3) is 0.167. The van der Waals surface area contributed by atoms with E-state index in [1.807, 2.05) is 66.7 Å². The van der Waals surface area contributed by atoms with E-state index in [4.69, 9.17) is 0 Å². The number of fused-ring (bicyclic) bond motifs is 2. The third kappa shape index (κ3) is 3.16. The highest BCUT2D eigenvalue weighted by atomic mass is 32.2. The van der Waals surface area contributed by atoms with Crippen LogP contribution in [0.4, 0.5) is 0 Å². The van der Waals surface area contributed by atoms with E-state index in [1.165, 1.54) is 9.54 Å². The summed E-state index contributed by atoms with van der Waals surface area (Å²) in [5.41, 5.74) is 4.98. The lowest BCUT2D eigenvalue weighted by Gasteiger charge is -2.11. The number of hydrogen-bond acceptors (Lipinski definition) is 3. The van der Waals surface area contributed by atoms with Crippen LogP contribution in [-0.2, 0) is 22.9 Å². The second-order valence-electron chi connectivity index (χ2n) is 7.41. The fourth-order valence-corrected chi connectivity index (χ4v) is 5.54. The van der Waals surface area contributed by atoms with Crippen molar-refractivity contribution < 1.29 is 8.42 Å². The van der Waals surface area contributed by atoms with E-state index in [-0.39, 0.29) is 0 Å². The number of para-hydroxylation sites is 1. The van der Waals surface area contributed by atoms with Crippen LogP contribution in [0.15, 0.2) is 83.9 Å². The summed E-state index contributed by atoms with van der Waals surface area (Å²) in [6.07, 6.45) is 3.53. The maximum absolute atomic E-state index is 13.6. The van der Waals surface area contributed by atoms with E-state index in [1.54, 1.807) is 12.3 Å². The third-order valence-corrected chi connectivity index (χ3v) is 7.31. The van der Waals surface area contributed by atoms with E-state index in [0.717, 1.165) is 48.0 Å². The van der Waals surface area contributed by atoms with Crippen LogP contribution in [0.2, 0.25) is 0 Å². The minimum Gasteiger partial charge on any atom is -0.316 e. The van der Waals surface area contributed by atoms with Crippen LogP contribution in [-0.4, -0.2) is 25.5 Å². The maximum atomic E-state index is 13.6. The average molecular weight is 403 g/mol. The van der Waals surface area contributed by atoms with Gasteiger partial charge in [-0.15, -0.1) is 0 Å². The molecule has 0 atom stereocenters. The zero-order valence-corrected chi connectivity index (χ0v) is 16.8. The van der Waals surface area contributed by atoms with Gasteiger partial charge < -0.3 is 5.32 Å². The number of aromatic nitrogens is 1. The van der Waals surface area contributed by atoms with Gasteiger partial charge in [-0.25, -0.2) is 12.4 Å². The Labute approximate surface area is 170 Å². The van der Waals surface area contributed by atoms with Crippen molar-refractivity contribution in [2.45, 2.75) is 17.7 Å². The Morgan fingerprint density at radius 2 is 1.52 bits per heavy atom. The molecule has 5 heteroatoms. The van der Waals surface area contributed by atoms with Gasteiger partial charge in [0.1, 0.15) is 0 Å². The van der Waals surface area contributed by atoms with Crippen molar-refractivity contribution in [2.24, 2.45) is 0 Å². The summed E-state index contributed by atoms with van der Waals surface area (Å²) in [6.45, 7) is 1.81. The molecular formula is C24H22N2O2S. The monoisotopic (exact) mass is 402 g/mol. The first-order chi connectivity index (χ1) is 14.1. The van der Waals surface area contributed by atoms with Gasteiger partial charge in [-0.3, -0.25) is 0 Å². The van der Waals surface area contributed by atoms with Gasteiger partial charge in [-0.05, 0) is 60.8 Å². The lowest BCUT2D eigenvalue weighted by molar-refractivity contribution is 0.589. The lowest BCUT2D eigenvalue weighted by atomic mass is 10.0. The van der Waals surface area contributed by atoms with Gasteiger partial charge >= 0.3 is 0 Å². The van der Waals surface area contributed by atoms with Gasteiger partial charge in [0.05, 0.1) is 10.4 Å². The Morgan fingerprint density at radius 1 is 0.793 bits per heavy atom. The second-order valence-corrected chi connectivity index (χ2v) is 9.22. The van der Waals surface area contributed by atoms with Crippen LogP contribution < -0.4 is 5.32 Å². The molecule has 3 aromatic carbocycles. The third-order valence-electron chi connectivity index (χ3n) is 5.64. The number of nitrogens with one attached hydrogen (secondary N) is 1. The first-order valence-electron chi connectivity index (χ1n) is 9.88. The molecule has 0 saturated carbocycles. The SMILES string of the molecule is O=S(=O)(c1ccc2c(c1)CCNCC2)n1cc(-c2ccccc2)c2ccccc21. The molecule has 29 heavy (non-hydrogen) atoms. The molecular weight excluding hydrogens is 380 g/mol. The first kappa shape index (κ1) is 18.2. The highest BCUT2D eigenvalue weighted by Crippen LogP contribution is 2.33. The van der Waals surface area contributed by atoms with Crippen molar-refractivity contribution in [2.75, 3.05) is 13.1 Å². The number of benzene rings is 3. The summed E-state index contributed by atoms with van der Waals surface area (Å²) in [7, 11) is -3.70. The van der Waals surface area contributed by atoms with Crippen molar-refractivity contribution in [3.05, 3.63) is 90.1 Å². The summed E-state index contributed by atoms with van der Waals surface area (Å²) < 4.78 is 28.7. The molecule has 0 radical (unpaired) electrons. The van der Waals surface area contributed by atoms with Crippen molar-refractivity contribution in [1.29, 1.82) is 0 Å². The van der Waals surface area contributed by atoms with Gasteiger partial charge in [-0.1, -0.05) is 54.6 Å². The van der Waals surface area contributed by atoms with E-state index >= 15 is 0 Å². The summed E-state index contributed by atoms with van der Waals surface area (Å²) in [5.74, 6) is 0. The predicted molar refractivity (Wildman–Crippen MR) is 117 cm³/mol. The minimum absolute atomic E-state index is 0.346. The maximum Gasteiger partial charge on any atom is 0.268 e. The summed E-state index contributed by atoms with van der Waals surface area (Å²) in [4.78, 5) is 0.346. The molecule has 0 fully saturated rings. The van der Waals surface area contributed by atoms with E-state index in [0.29, 0.717) is 10.4 Å². The number of nitrogens with zero attached hydrogens (tertiary/aromatic N) is 1. The fourth-order valence-electron chi connectivity index (χ4n) is 4.12. The zero-order chi connectivity index (χ0) is 19.8. The van der Waals surface area contributed by atoms with Gasteiger partial charge in [-0.2, -0.15) is 0 Å². The standard InChI is InChI=1S/C24H22N2O2S/c27-29(28,21-11-10-18-12-14-25-15-13-20(18)16-21)26-17-23(19-6-2-1-3-7-19)22-8-4-5-9-24(22)26/h1-11,16-17,25H,12-15H2. The highest BCUT2D eigenvalue weighted by molar-refractivity contribution is 7.90. The van der Waals surface area contributed by atoms with E-state index in [9.17, 15) is 8.42 Å².